The number of nitrogens with one attached hydrogen (secondary N) is 1. The van der Waals surface area contributed by atoms with E-state index in [0.29, 0.717) is 10.2 Å². The number of aromatic nitrogens is 1. The van der Waals surface area contributed by atoms with Crippen molar-refractivity contribution in [1.82, 2.24) is 4.98 Å². The molecule has 0 radical (unpaired) electrons. The van der Waals surface area contributed by atoms with Gasteiger partial charge in [-0.3, -0.25) is 14.4 Å². The Bertz CT molecular complexity index is 743. The molecular weight excluding hydrogens is 282 g/mol. The maximum atomic E-state index is 12.0. The fourth-order valence-electron chi connectivity index (χ4n) is 1.72. The van der Waals surface area contributed by atoms with Gasteiger partial charge in [-0.05, 0) is 19.1 Å². The first-order valence-corrected chi connectivity index (χ1v) is 6.69. The van der Waals surface area contributed by atoms with Crippen LogP contribution in [0.4, 0.5) is 0 Å². The molecule has 0 fully saturated rings. The molecule has 0 saturated heterocycles. The number of fused-ring (bicyclic) bond motifs is 1. The summed E-state index contributed by atoms with van der Waals surface area (Å²) < 4.78 is 5.02. The zero-order valence-corrected chi connectivity index (χ0v) is 11.4. The molecule has 2 aromatic rings. The lowest BCUT2D eigenvalue weighted by atomic mass is 10.1. The largest absolute Gasteiger partial charge is 0.460 e. The molecule has 0 bridgehead atoms. The number of Topliss-reactive ketones (excluding diaryl/α,β-unsaturated/α-hetero) is 2. The van der Waals surface area contributed by atoms with Crippen molar-refractivity contribution in [3.8, 4) is 0 Å². The first kappa shape index (κ1) is 14.1. The number of esters is 1. The minimum Gasteiger partial charge on any atom is -0.460 e. The summed E-state index contributed by atoms with van der Waals surface area (Å²) >= 11 is 0.893. The van der Waals surface area contributed by atoms with Gasteiger partial charge in [-0.25, -0.2) is 4.79 Å². The Morgan fingerprint density at radius 2 is 2.05 bits per heavy atom. The van der Waals surface area contributed by atoms with Crippen LogP contribution in [0.3, 0.4) is 0 Å². The van der Waals surface area contributed by atoms with E-state index in [9.17, 15) is 19.2 Å². The van der Waals surface area contributed by atoms with Crippen LogP contribution in [-0.2, 0) is 14.3 Å². The van der Waals surface area contributed by atoms with Gasteiger partial charge in [0.15, 0.2) is 5.78 Å². The van der Waals surface area contributed by atoms with Crippen LogP contribution in [0.5, 0.6) is 0 Å². The summed E-state index contributed by atoms with van der Waals surface area (Å²) in [5.41, 5.74) is 0.790. The molecule has 0 saturated carbocycles. The van der Waals surface area contributed by atoms with Gasteiger partial charge in [0, 0.05) is 5.56 Å². The van der Waals surface area contributed by atoms with E-state index in [1.807, 2.05) is 0 Å². The Labute approximate surface area is 117 Å². The molecule has 7 heteroatoms. The molecule has 0 aliphatic rings. The Balaban J connectivity index is 2.26. The van der Waals surface area contributed by atoms with E-state index in [0.717, 1.165) is 11.3 Å². The van der Waals surface area contributed by atoms with E-state index >= 15 is 0 Å². The molecule has 0 spiro atoms. The van der Waals surface area contributed by atoms with Crippen molar-refractivity contribution in [2.24, 2.45) is 0 Å². The van der Waals surface area contributed by atoms with Crippen LogP contribution in [0.15, 0.2) is 23.0 Å². The van der Waals surface area contributed by atoms with E-state index in [1.165, 1.54) is 6.07 Å². The zero-order chi connectivity index (χ0) is 14.7. The van der Waals surface area contributed by atoms with Crippen molar-refractivity contribution < 1.29 is 19.1 Å². The van der Waals surface area contributed by atoms with Gasteiger partial charge in [0.05, 0.1) is 23.2 Å². The number of carbonyl (C=O) groups is 3. The first-order valence-electron chi connectivity index (χ1n) is 5.88. The normalized spacial score (nSPS) is 10.4. The quantitative estimate of drug-likeness (QED) is 0.388. The molecule has 0 atom stereocenters. The Morgan fingerprint density at radius 3 is 2.75 bits per heavy atom. The third-order valence-corrected chi connectivity index (χ3v) is 3.50. The van der Waals surface area contributed by atoms with Crippen molar-refractivity contribution in [2.45, 2.75) is 13.3 Å². The van der Waals surface area contributed by atoms with Crippen molar-refractivity contribution in [3.05, 3.63) is 33.4 Å². The van der Waals surface area contributed by atoms with Gasteiger partial charge in [-0.2, -0.15) is 0 Å². The average Bonchev–Trinajstić information content (AvgIpc) is 2.78. The lowest BCUT2D eigenvalue weighted by molar-refractivity contribution is -0.153. The van der Waals surface area contributed by atoms with Crippen LogP contribution < -0.4 is 4.87 Å². The molecule has 2 rings (SSSR count). The topological polar surface area (TPSA) is 93.3 Å². The van der Waals surface area contributed by atoms with Crippen LogP contribution in [-0.4, -0.2) is 29.1 Å². The third kappa shape index (κ3) is 2.83. The number of hydrogen-bond donors (Lipinski definition) is 1. The highest BCUT2D eigenvalue weighted by molar-refractivity contribution is 7.16. The summed E-state index contributed by atoms with van der Waals surface area (Å²) in [6.45, 7) is 1.65. The monoisotopic (exact) mass is 293 g/mol. The van der Waals surface area contributed by atoms with Crippen LogP contribution >= 0.6 is 11.3 Å². The highest BCUT2D eigenvalue weighted by atomic mass is 32.1. The third-order valence-electron chi connectivity index (χ3n) is 2.57. The molecule has 0 aliphatic carbocycles. The summed E-state index contributed by atoms with van der Waals surface area (Å²) in [6.07, 6.45) is -0.565. The zero-order valence-electron chi connectivity index (χ0n) is 10.6. The number of hydrogen-bond acceptors (Lipinski definition) is 6. The molecule has 1 aromatic heterocycles. The number of ketones is 2. The SMILES string of the molecule is CCOC(=O)C(=O)CC(=O)c1cccc2[nH]c(=O)sc12. The van der Waals surface area contributed by atoms with E-state index in [1.54, 1.807) is 19.1 Å². The van der Waals surface area contributed by atoms with Gasteiger partial charge in [0.1, 0.15) is 0 Å². The Morgan fingerprint density at radius 1 is 1.30 bits per heavy atom. The lowest BCUT2D eigenvalue weighted by Crippen LogP contribution is -2.20. The molecule has 0 aliphatic heterocycles. The maximum absolute atomic E-state index is 12.0. The van der Waals surface area contributed by atoms with Crippen LogP contribution in [0.1, 0.15) is 23.7 Å². The average molecular weight is 293 g/mol. The molecule has 20 heavy (non-hydrogen) atoms. The summed E-state index contributed by atoms with van der Waals surface area (Å²) in [4.78, 5) is 48.3. The number of H-pyrrole nitrogens is 1. The van der Waals surface area contributed by atoms with E-state index < -0.39 is 24.0 Å². The Kier molecular flexibility index (Phi) is 4.09. The highest BCUT2D eigenvalue weighted by Gasteiger charge is 2.21. The highest BCUT2D eigenvalue weighted by Crippen LogP contribution is 2.21. The summed E-state index contributed by atoms with van der Waals surface area (Å²) in [5.74, 6) is -2.42. The molecule has 0 amide bonds. The summed E-state index contributed by atoms with van der Waals surface area (Å²) in [7, 11) is 0. The predicted molar refractivity (Wildman–Crippen MR) is 73.0 cm³/mol. The molecule has 6 nitrogen and oxygen atoms in total. The van der Waals surface area contributed by atoms with Gasteiger partial charge in [-0.1, -0.05) is 17.4 Å². The molecule has 1 aromatic carbocycles. The van der Waals surface area contributed by atoms with Crippen molar-refractivity contribution in [3.63, 3.8) is 0 Å². The van der Waals surface area contributed by atoms with Gasteiger partial charge in [-0.15, -0.1) is 0 Å². The number of rotatable bonds is 5. The lowest BCUT2D eigenvalue weighted by Gasteiger charge is -2.02. The summed E-state index contributed by atoms with van der Waals surface area (Å²) in [5, 5.41) is 0. The Hall–Kier alpha value is -2.28. The first-order chi connectivity index (χ1) is 9.52. The smallest absolute Gasteiger partial charge is 0.375 e. The van der Waals surface area contributed by atoms with Crippen molar-refractivity contribution >= 4 is 39.1 Å². The fourth-order valence-corrected chi connectivity index (χ4v) is 2.59. The van der Waals surface area contributed by atoms with Crippen molar-refractivity contribution in [2.75, 3.05) is 6.61 Å². The predicted octanol–water partition coefficient (Wildman–Crippen LogP) is 1.29. The number of benzene rings is 1. The minimum atomic E-state index is -1.02. The number of carbonyl (C=O) groups excluding carboxylic acids is 3. The van der Waals surface area contributed by atoms with Crippen LogP contribution in [0.2, 0.25) is 0 Å². The second-order valence-corrected chi connectivity index (χ2v) is 4.92. The molecular formula is C13H11NO5S. The van der Waals surface area contributed by atoms with E-state index in [-0.39, 0.29) is 17.0 Å². The molecule has 1 N–H and O–H groups in total. The van der Waals surface area contributed by atoms with Gasteiger partial charge >= 0.3 is 10.8 Å². The van der Waals surface area contributed by atoms with Crippen LogP contribution in [0.25, 0.3) is 10.2 Å². The number of aromatic amines is 1. The summed E-state index contributed by atoms with van der Waals surface area (Å²) in [6, 6.07) is 4.79. The standard InChI is InChI=1S/C13H11NO5S/c1-2-19-12(17)10(16)6-9(15)7-4-3-5-8-11(7)20-13(18)14-8/h3-5H,2,6H2,1H3,(H,14,18). The van der Waals surface area contributed by atoms with Crippen molar-refractivity contribution in [1.29, 1.82) is 0 Å². The van der Waals surface area contributed by atoms with Gasteiger partial charge in [0.2, 0.25) is 5.78 Å². The second-order valence-electron chi connectivity index (χ2n) is 3.94. The maximum Gasteiger partial charge on any atom is 0.375 e. The molecule has 1 heterocycles. The van der Waals surface area contributed by atoms with Gasteiger partial charge in [0.25, 0.3) is 0 Å². The minimum absolute atomic E-state index is 0.0772. The van der Waals surface area contributed by atoms with Gasteiger partial charge < -0.3 is 9.72 Å². The molecule has 0 unspecified atom stereocenters. The number of thiazole rings is 1. The van der Waals surface area contributed by atoms with E-state index in [4.69, 9.17) is 0 Å². The number of ether oxygens (including phenoxy) is 1. The van der Waals surface area contributed by atoms with Crippen LogP contribution in [0, 0.1) is 0 Å². The van der Waals surface area contributed by atoms with E-state index in [2.05, 4.69) is 9.72 Å². The molecule has 104 valence electrons. The fraction of sp³-hybridized carbons (Fsp3) is 0.231. The second kappa shape index (κ2) is 5.79.